The first-order valence-corrected chi connectivity index (χ1v) is 7.44. The molecule has 116 valence electrons. The standard InChI is InChI=1S/C18H14ClFN2O/c19-17-9-13(6-7-18(17)20)11-22-14-3-1-4-15(10-14)23-16-5-2-8-21-12-16/h1-10,12,22H,11H2. The molecule has 0 amide bonds. The highest BCUT2D eigenvalue weighted by molar-refractivity contribution is 6.30. The summed E-state index contributed by atoms with van der Waals surface area (Å²) in [6, 6.07) is 15.9. The second kappa shape index (κ2) is 7.11. The number of hydrogen-bond acceptors (Lipinski definition) is 3. The van der Waals surface area contributed by atoms with Gasteiger partial charge in [-0.25, -0.2) is 4.39 Å². The molecule has 0 unspecified atom stereocenters. The van der Waals surface area contributed by atoms with Crippen LogP contribution in [0.2, 0.25) is 5.02 Å². The molecule has 0 aliphatic rings. The second-order valence-electron chi connectivity index (χ2n) is 4.92. The molecule has 0 fully saturated rings. The van der Waals surface area contributed by atoms with Gasteiger partial charge in [0.2, 0.25) is 0 Å². The molecule has 3 rings (SSSR count). The molecule has 0 atom stereocenters. The van der Waals surface area contributed by atoms with E-state index in [0.717, 1.165) is 11.3 Å². The molecule has 3 aromatic rings. The molecule has 3 nitrogen and oxygen atoms in total. The topological polar surface area (TPSA) is 34.1 Å². The summed E-state index contributed by atoms with van der Waals surface area (Å²) >= 11 is 5.78. The average molecular weight is 329 g/mol. The Bertz CT molecular complexity index is 796. The summed E-state index contributed by atoms with van der Waals surface area (Å²) in [7, 11) is 0. The number of pyridine rings is 1. The van der Waals surface area contributed by atoms with E-state index in [-0.39, 0.29) is 5.02 Å². The van der Waals surface area contributed by atoms with Gasteiger partial charge in [0, 0.05) is 24.5 Å². The van der Waals surface area contributed by atoms with Gasteiger partial charge < -0.3 is 10.1 Å². The number of benzene rings is 2. The summed E-state index contributed by atoms with van der Waals surface area (Å²) < 4.78 is 18.9. The Balaban J connectivity index is 1.66. The number of anilines is 1. The molecule has 0 saturated heterocycles. The van der Waals surface area contributed by atoms with Crippen LogP contribution in [0.25, 0.3) is 0 Å². The van der Waals surface area contributed by atoms with E-state index in [4.69, 9.17) is 16.3 Å². The Hall–Kier alpha value is -2.59. The van der Waals surface area contributed by atoms with Crippen LogP contribution in [0.15, 0.2) is 67.0 Å². The zero-order chi connectivity index (χ0) is 16.1. The molecular formula is C18H14ClFN2O. The van der Waals surface area contributed by atoms with Crippen LogP contribution in [0.5, 0.6) is 11.5 Å². The molecule has 23 heavy (non-hydrogen) atoms. The third-order valence-electron chi connectivity index (χ3n) is 3.18. The van der Waals surface area contributed by atoms with Crippen LogP contribution in [0.3, 0.4) is 0 Å². The lowest BCUT2D eigenvalue weighted by atomic mass is 10.2. The zero-order valence-corrected chi connectivity index (χ0v) is 12.9. The van der Waals surface area contributed by atoms with E-state index in [1.807, 2.05) is 36.4 Å². The van der Waals surface area contributed by atoms with Crippen molar-refractivity contribution in [2.75, 3.05) is 5.32 Å². The molecule has 1 N–H and O–H groups in total. The van der Waals surface area contributed by atoms with E-state index >= 15 is 0 Å². The van der Waals surface area contributed by atoms with Gasteiger partial charge in [0.05, 0.1) is 11.2 Å². The van der Waals surface area contributed by atoms with E-state index < -0.39 is 5.82 Å². The predicted molar refractivity (Wildman–Crippen MR) is 89.5 cm³/mol. The Morgan fingerprint density at radius 3 is 2.70 bits per heavy atom. The third-order valence-corrected chi connectivity index (χ3v) is 3.47. The number of aromatic nitrogens is 1. The molecule has 0 aliphatic carbocycles. The lowest BCUT2D eigenvalue weighted by molar-refractivity contribution is 0.480. The van der Waals surface area contributed by atoms with Crippen LogP contribution in [-0.2, 0) is 6.54 Å². The van der Waals surface area contributed by atoms with Gasteiger partial charge in [-0.1, -0.05) is 23.7 Å². The van der Waals surface area contributed by atoms with Gasteiger partial charge in [-0.15, -0.1) is 0 Å². The van der Waals surface area contributed by atoms with Crippen molar-refractivity contribution in [3.8, 4) is 11.5 Å². The number of ether oxygens (including phenoxy) is 1. The number of hydrogen-bond donors (Lipinski definition) is 1. The van der Waals surface area contributed by atoms with E-state index in [2.05, 4.69) is 10.3 Å². The summed E-state index contributed by atoms with van der Waals surface area (Å²) in [5.41, 5.74) is 1.79. The first-order valence-electron chi connectivity index (χ1n) is 7.06. The van der Waals surface area contributed by atoms with Crippen molar-refractivity contribution >= 4 is 17.3 Å². The van der Waals surface area contributed by atoms with E-state index in [1.54, 1.807) is 24.5 Å². The number of rotatable bonds is 5. The predicted octanol–water partition coefficient (Wildman–Crippen LogP) is 5.28. The van der Waals surface area contributed by atoms with Gasteiger partial charge in [0.25, 0.3) is 0 Å². The van der Waals surface area contributed by atoms with Crippen LogP contribution in [0, 0.1) is 5.82 Å². The van der Waals surface area contributed by atoms with E-state index in [1.165, 1.54) is 6.07 Å². The van der Waals surface area contributed by atoms with Gasteiger partial charge in [0.15, 0.2) is 0 Å². The Kier molecular flexibility index (Phi) is 4.74. The smallest absolute Gasteiger partial charge is 0.145 e. The normalized spacial score (nSPS) is 10.3. The van der Waals surface area contributed by atoms with Gasteiger partial charge in [0.1, 0.15) is 17.3 Å². The van der Waals surface area contributed by atoms with Crippen LogP contribution in [0.1, 0.15) is 5.56 Å². The van der Waals surface area contributed by atoms with Crippen molar-refractivity contribution in [3.05, 3.63) is 83.4 Å². The van der Waals surface area contributed by atoms with E-state index in [9.17, 15) is 4.39 Å². The fourth-order valence-corrected chi connectivity index (χ4v) is 2.27. The SMILES string of the molecule is Fc1ccc(CNc2cccc(Oc3cccnc3)c2)cc1Cl. The van der Waals surface area contributed by atoms with Crippen molar-refractivity contribution < 1.29 is 9.13 Å². The fraction of sp³-hybridized carbons (Fsp3) is 0.0556. The fourth-order valence-electron chi connectivity index (χ4n) is 2.07. The summed E-state index contributed by atoms with van der Waals surface area (Å²) in [5, 5.41) is 3.38. The minimum absolute atomic E-state index is 0.123. The first-order chi connectivity index (χ1) is 11.2. The van der Waals surface area contributed by atoms with Gasteiger partial charge >= 0.3 is 0 Å². The Labute approximate surface area is 138 Å². The molecule has 0 aliphatic heterocycles. The number of nitrogens with one attached hydrogen (secondary N) is 1. The molecule has 0 radical (unpaired) electrons. The maximum atomic E-state index is 13.1. The summed E-state index contributed by atoms with van der Waals surface area (Å²) in [6.45, 7) is 0.538. The molecule has 0 spiro atoms. The molecule has 2 aromatic carbocycles. The lowest BCUT2D eigenvalue weighted by Gasteiger charge is -2.10. The quantitative estimate of drug-likeness (QED) is 0.692. The van der Waals surface area contributed by atoms with Gasteiger partial charge in [-0.3, -0.25) is 4.98 Å². The van der Waals surface area contributed by atoms with Crippen LogP contribution < -0.4 is 10.1 Å². The summed E-state index contributed by atoms with van der Waals surface area (Å²) in [4.78, 5) is 4.01. The summed E-state index contributed by atoms with van der Waals surface area (Å²) in [6.07, 6.45) is 3.35. The monoisotopic (exact) mass is 328 g/mol. The van der Waals surface area contributed by atoms with Gasteiger partial charge in [-0.05, 0) is 42.0 Å². The average Bonchev–Trinajstić information content (AvgIpc) is 2.57. The molecule has 0 saturated carbocycles. The highest BCUT2D eigenvalue weighted by Crippen LogP contribution is 2.24. The molecule has 1 heterocycles. The Morgan fingerprint density at radius 1 is 1.04 bits per heavy atom. The van der Waals surface area contributed by atoms with Crippen molar-refractivity contribution in [2.24, 2.45) is 0 Å². The first kappa shape index (κ1) is 15.3. The molecule has 0 bridgehead atoms. The van der Waals surface area contributed by atoms with Crippen molar-refractivity contribution in [1.29, 1.82) is 0 Å². The second-order valence-corrected chi connectivity index (χ2v) is 5.33. The van der Waals surface area contributed by atoms with Crippen molar-refractivity contribution in [2.45, 2.75) is 6.54 Å². The largest absolute Gasteiger partial charge is 0.456 e. The highest BCUT2D eigenvalue weighted by atomic mass is 35.5. The highest BCUT2D eigenvalue weighted by Gasteiger charge is 2.02. The number of halogens is 2. The Morgan fingerprint density at radius 2 is 1.91 bits per heavy atom. The summed E-state index contributed by atoms with van der Waals surface area (Å²) in [5.74, 6) is 0.970. The van der Waals surface area contributed by atoms with E-state index in [0.29, 0.717) is 18.0 Å². The van der Waals surface area contributed by atoms with Gasteiger partial charge in [-0.2, -0.15) is 0 Å². The maximum Gasteiger partial charge on any atom is 0.145 e. The molecule has 1 aromatic heterocycles. The van der Waals surface area contributed by atoms with Crippen LogP contribution in [0.4, 0.5) is 10.1 Å². The minimum atomic E-state index is -0.415. The number of nitrogens with zero attached hydrogens (tertiary/aromatic N) is 1. The molecule has 5 heteroatoms. The van der Waals surface area contributed by atoms with Crippen molar-refractivity contribution in [1.82, 2.24) is 4.98 Å². The van der Waals surface area contributed by atoms with Crippen LogP contribution >= 0.6 is 11.6 Å². The van der Waals surface area contributed by atoms with Crippen molar-refractivity contribution in [3.63, 3.8) is 0 Å². The zero-order valence-electron chi connectivity index (χ0n) is 12.2. The molecular weight excluding hydrogens is 315 g/mol. The third kappa shape index (κ3) is 4.20. The lowest BCUT2D eigenvalue weighted by Crippen LogP contribution is -1.99. The maximum absolute atomic E-state index is 13.1. The minimum Gasteiger partial charge on any atom is -0.456 e. The van der Waals surface area contributed by atoms with Crippen LogP contribution in [-0.4, -0.2) is 4.98 Å².